The number of ether oxygens (including phenoxy) is 3. The first kappa shape index (κ1) is 32.3. The van der Waals surface area contributed by atoms with Gasteiger partial charge in [-0.3, -0.25) is 28.8 Å². The summed E-state index contributed by atoms with van der Waals surface area (Å²) in [6.07, 6.45) is -0.224. The Hall–Kier alpha value is -3.88. The Balaban J connectivity index is 1.48. The Morgan fingerprint density at radius 1 is 0.600 bits per heavy atom. The maximum Gasteiger partial charge on any atom is 0.333 e. The highest BCUT2D eigenvalue weighted by Crippen LogP contribution is 2.17. The van der Waals surface area contributed by atoms with Crippen molar-refractivity contribution in [3.63, 3.8) is 0 Å². The van der Waals surface area contributed by atoms with Gasteiger partial charge in [-0.1, -0.05) is 13.8 Å². The van der Waals surface area contributed by atoms with E-state index in [4.69, 9.17) is 23.9 Å². The normalized spacial score (nSPS) is 15.4. The van der Waals surface area contributed by atoms with Crippen molar-refractivity contribution < 1.29 is 62.2 Å². The highest BCUT2D eigenvalue weighted by molar-refractivity contribution is 6.02. The van der Waals surface area contributed by atoms with Gasteiger partial charge in [0, 0.05) is 56.8 Å². The van der Waals surface area contributed by atoms with E-state index in [1.54, 1.807) is 13.8 Å². The third kappa shape index (κ3) is 11.5. The van der Waals surface area contributed by atoms with Crippen molar-refractivity contribution in [1.82, 2.24) is 10.1 Å². The van der Waals surface area contributed by atoms with Crippen LogP contribution in [0.3, 0.4) is 0 Å². The summed E-state index contributed by atoms with van der Waals surface area (Å²) >= 11 is 0. The van der Waals surface area contributed by atoms with Crippen LogP contribution < -0.4 is 0 Å². The second-order valence-corrected chi connectivity index (χ2v) is 9.90. The van der Waals surface area contributed by atoms with Gasteiger partial charge in [0.25, 0.3) is 23.6 Å². The Morgan fingerprint density at radius 3 is 1.45 bits per heavy atom. The molecule has 0 unspecified atom stereocenters. The topological polar surface area (TPSA) is 189 Å². The quantitative estimate of drug-likeness (QED) is 0.135. The number of carbonyl (C=O) groups excluding carboxylic acids is 8. The van der Waals surface area contributed by atoms with E-state index in [1.807, 2.05) is 0 Å². The summed E-state index contributed by atoms with van der Waals surface area (Å²) in [6, 6.07) is 0. The molecule has 0 aromatic heterocycles. The van der Waals surface area contributed by atoms with Crippen molar-refractivity contribution in [3.05, 3.63) is 0 Å². The number of nitrogens with zero attached hydrogens (tertiary/aromatic N) is 2. The van der Waals surface area contributed by atoms with Crippen LogP contribution in [0.5, 0.6) is 0 Å². The lowest BCUT2D eigenvalue weighted by Crippen LogP contribution is -2.32. The fourth-order valence-corrected chi connectivity index (χ4v) is 3.39. The van der Waals surface area contributed by atoms with Crippen LogP contribution >= 0.6 is 0 Å². The molecule has 0 aliphatic carbocycles. The van der Waals surface area contributed by atoms with Crippen molar-refractivity contribution in [2.75, 3.05) is 26.4 Å². The van der Waals surface area contributed by atoms with Crippen molar-refractivity contribution in [2.45, 2.75) is 78.1 Å². The summed E-state index contributed by atoms with van der Waals surface area (Å²) in [5, 5.41) is 0.903. The van der Waals surface area contributed by atoms with Crippen molar-refractivity contribution in [3.8, 4) is 0 Å². The maximum atomic E-state index is 12.0. The second kappa shape index (κ2) is 15.6. The molecule has 0 bridgehead atoms. The Labute approximate surface area is 230 Å². The molecule has 222 valence electrons. The number of hydroxylamine groups is 4. The molecular formula is C25H34N2O13. The van der Waals surface area contributed by atoms with Gasteiger partial charge in [0.2, 0.25) is 0 Å². The van der Waals surface area contributed by atoms with E-state index in [0.717, 1.165) is 0 Å². The molecule has 2 saturated heterocycles. The number of hydrogen-bond acceptors (Lipinski definition) is 13. The molecule has 2 aliphatic heterocycles. The number of amides is 4. The third-order valence-corrected chi connectivity index (χ3v) is 5.53. The van der Waals surface area contributed by atoms with Gasteiger partial charge in [0.05, 0.1) is 19.8 Å². The smallest absolute Gasteiger partial charge is 0.333 e. The Kier molecular flexibility index (Phi) is 12.6. The van der Waals surface area contributed by atoms with E-state index >= 15 is 0 Å². The maximum absolute atomic E-state index is 12.0. The Bertz CT molecular complexity index is 975. The highest BCUT2D eigenvalue weighted by atomic mass is 16.7. The summed E-state index contributed by atoms with van der Waals surface area (Å²) in [5.41, 5.74) is -0.548. The minimum atomic E-state index is -0.793. The number of rotatable bonds is 17. The van der Waals surface area contributed by atoms with Crippen molar-refractivity contribution >= 4 is 47.5 Å². The molecule has 40 heavy (non-hydrogen) atoms. The van der Waals surface area contributed by atoms with E-state index in [0.29, 0.717) is 10.1 Å². The first-order valence-corrected chi connectivity index (χ1v) is 12.9. The number of esters is 2. The van der Waals surface area contributed by atoms with E-state index in [9.17, 15) is 38.4 Å². The molecule has 0 aromatic rings. The largest absolute Gasteiger partial charge is 0.465 e. The van der Waals surface area contributed by atoms with Crippen molar-refractivity contribution in [1.29, 1.82) is 0 Å². The van der Waals surface area contributed by atoms with Crippen LogP contribution in [0.2, 0.25) is 0 Å². The number of imide groups is 2. The van der Waals surface area contributed by atoms with Gasteiger partial charge in [-0.15, -0.1) is 10.1 Å². The van der Waals surface area contributed by atoms with E-state index in [2.05, 4.69) is 0 Å². The molecule has 0 spiro atoms. The number of hydrogen-bond donors (Lipinski definition) is 0. The summed E-state index contributed by atoms with van der Waals surface area (Å²) in [4.78, 5) is 102. The van der Waals surface area contributed by atoms with Crippen LogP contribution in [0.15, 0.2) is 0 Å². The molecule has 2 heterocycles. The van der Waals surface area contributed by atoms with Gasteiger partial charge >= 0.3 is 23.9 Å². The molecule has 0 aromatic carbocycles. The molecule has 0 radical (unpaired) electrons. The van der Waals surface area contributed by atoms with Gasteiger partial charge in [0.15, 0.2) is 0 Å². The fourth-order valence-electron chi connectivity index (χ4n) is 3.39. The standard InChI is InChI=1S/C25H34N2O13/c1-25(2,16-38-22(33)6-4-8-24(35)40-27-19(30)11-12-20(27)31)15-36-13-14-37-21(32)5-3-7-23(34)39-26-17(28)9-10-18(26)29/h3-16H2,1-2H3. The zero-order valence-corrected chi connectivity index (χ0v) is 22.6. The average Bonchev–Trinajstić information content (AvgIpc) is 3.37. The van der Waals surface area contributed by atoms with Crippen LogP contribution in [0.1, 0.15) is 78.1 Å². The van der Waals surface area contributed by atoms with Crippen LogP contribution in [-0.2, 0) is 62.2 Å². The highest BCUT2D eigenvalue weighted by Gasteiger charge is 2.33. The molecule has 15 nitrogen and oxygen atoms in total. The summed E-state index contributed by atoms with van der Waals surface area (Å²) in [6.45, 7) is 3.90. The molecule has 4 amide bonds. The molecule has 0 atom stereocenters. The minimum absolute atomic E-state index is 0.00135. The molecule has 0 N–H and O–H groups in total. The second-order valence-electron chi connectivity index (χ2n) is 9.90. The zero-order chi connectivity index (χ0) is 29.7. The lowest BCUT2D eigenvalue weighted by Gasteiger charge is -2.24. The SMILES string of the molecule is CC(C)(COCCOC(=O)CCCC(=O)ON1C(=O)CCC1=O)COC(=O)CCCC(=O)ON1C(=O)CCC1=O. The summed E-state index contributed by atoms with van der Waals surface area (Å²) in [5.74, 6) is -4.98. The molecule has 2 rings (SSSR count). The summed E-state index contributed by atoms with van der Waals surface area (Å²) in [7, 11) is 0. The Morgan fingerprint density at radius 2 is 1.00 bits per heavy atom. The predicted molar refractivity (Wildman–Crippen MR) is 129 cm³/mol. The van der Waals surface area contributed by atoms with Gasteiger partial charge in [-0.2, -0.15) is 0 Å². The lowest BCUT2D eigenvalue weighted by molar-refractivity contribution is -0.197. The lowest BCUT2D eigenvalue weighted by atomic mass is 9.96. The van der Waals surface area contributed by atoms with E-state index in [1.165, 1.54) is 0 Å². The van der Waals surface area contributed by atoms with Crippen molar-refractivity contribution in [2.24, 2.45) is 5.41 Å². The fraction of sp³-hybridized carbons (Fsp3) is 0.680. The first-order valence-electron chi connectivity index (χ1n) is 12.9. The van der Waals surface area contributed by atoms with Gasteiger partial charge in [0.1, 0.15) is 6.61 Å². The van der Waals surface area contributed by atoms with E-state index in [-0.39, 0.29) is 90.6 Å². The molecule has 0 saturated carbocycles. The molecule has 2 aliphatic rings. The predicted octanol–water partition coefficient (Wildman–Crippen LogP) is 0.671. The number of carbonyl (C=O) groups is 8. The first-order chi connectivity index (χ1) is 18.9. The minimum Gasteiger partial charge on any atom is -0.465 e. The molecule has 15 heteroatoms. The molecule has 2 fully saturated rings. The molecular weight excluding hydrogens is 536 g/mol. The van der Waals surface area contributed by atoms with Crippen LogP contribution in [0.4, 0.5) is 0 Å². The summed E-state index contributed by atoms with van der Waals surface area (Å²) < 4.78 is 15.7. The van der Waals surface area contributed by atoms with Crippen LogP contribution in [-0.4, -0.2) is 84.1 Å². The van der Waals surface area contributed by atoms with E-state index < -0.39 is 52.9 Å². The third-order valence-electron chi connectivity index (χ3n) is 5.53. The monoisotopic (exact) mass is 570 g/mol. The average molecular weight is 571 g/mol. The zero-order valence-electron chi connectivity index (χ0n) is 22.6. The van der Waals surface area contributed by atoms with Crippen LogP contribution in [0, 0.1) is 5.41 Å². The van der Waals surface area contributed by atoms with Gasteiger partial charge < -0.3 is 23.9 Å². The van der Waals surface area contributed by atoms with Gasteiger partial charge in [-0.25, -0.2) is 9.59 Å². The van der Waals surface area contributed by atoms with Crippen LogP contribution in [0.25, 0.3) is 0 Å². The van der Waals surface area contributed by atoms with Gasteiger partial charge in [-0.05, 0) is 12.8 Å².